The lowest BCUT2D eigenvalue weighted by Gasteiger charge is -2.30. The van der Waals surface area contributed by atoms with Gasteiger partial charge in [0.25, 0.3) is 0 Å². The number of hydrogen-bond donors (Lipinski definition) is 2. The summed E-state index contributed by atoms with van der Waals surface area (Å²) in [5.41, 5.74) is 7.09. The first-order valence-corrected chi connectivity index (χ1v) is 14.5. The van der Waals surface area contributed by atoms with Crippen molar-refractivity contribution in [1.82, 2.24) is 0 Å². The summed E-state index contributed by atoms with van der Waals surface area (Å²) in [5, 5.41) is 16.7. The zero-order chi connectivity index (χ0) is 27.5. The van der Waals surface area contributed by atoms with Crippen LogP contribution in [0.15, 0.2) is 54.6 Å². The Morgan fingerprint density at radius 2 is 1.19 bits per heavy atom. The van der Waals surface area contributed by atoms with Crippen molar-refractivity contribution in [3.63, 3.8) is 0 Å². The Labute approximate surface area is 240 Å². The molecule has 6 aromatic rings. The maximum atomic E-state index is 6.13. The molecule has 42 heavy (non-hydrogen) atoms. The van der Waals surface area contributed by atoms with Crippen LogP contribution in [0.25, 0.3) is 54.2 Å². The number of fused-ring (bicyclic) bond motifs is 8. The van der Waals surface area contributed by atoms with Gasteiger partial charge in [-0.25, -0.2) is 0 Å². The Hall–Kier alpha value is -5.04. The van der Waals surface area contributed by atoms with Gasteiger partial charge in [0.15, 0.2) is 23.0 Å². The van der Waals surface area contributed by atoms with E-state index in [1.165, 1.54) is 27.5 Å². The van der Waals surface area contributed by atoms with Crippen LogP contribution in [0.4, 0.5) is 11.4 Å². The molecule has 10 rings (SSSR count). The van der Waals surface area contributed by atoms with E-state index < -0.39 is 0 Å². The molecule has 206 valence electrons. The van der Waals surface area contributed by atoms with Gasteiger partial charge in [0.2, 0.25) is 13.6 Å². The third-order valence-corrected chi connectivity index (χ3v) is 9.36. The fraction of sp³-hybridized carbons (Fsp3) is 0.200. The van der Waals surface area contributed by atoms with Gasteiger partial charge < -0.3 is 34.3 Å². The standard InChI is InChI=1S/C35H26N2O5/c1-38-22-8-4-7-21-27(22)31(33-26-18(10-12-37-33)14-24-35(30(21)26)42-16-40-24)28-19-5-2-3-6-20(19)29-25-17(9-11-36-32(25)28)13-23-34(29)41-15-39-23/h2-8,13-14,36-37H,9-12,15-16H2,1H3. The highest BCUT2D eigenvalue weighted by atomic mass is 16.7. The van der Waals surface area contributed by atoms with E-state index in [1.54, 1.807) is 7.11 Å². The molecule has 0 saturated carbocycles. The first-order valence-electron chi connectivity index (χ1n) is 14.5. The molecule has 7 nitrogen and oxygen atoms in total. The predicted molar refractivity (Wildman–Crippen MR) is 165 cm³/mol. The molecule has 0 radical (unpaired) electrons. The molecule has 0 spiro atoms. The first kappa shape index (κ1) is 22.6. The zero-order valence-corrected chi connectivity index (χ0v) is 23.0. The molecule has 0 fully saturated rings. The van der Waals surface area contributed by atoms with Crippen molar-refractivity contribution < 1.29 is 23.7 Å². The van der Waals surface area contributed by atoms with Gasteiger partial charge in [0.05, 0.1) is 18.5 Å². The minimum Gasteiger partial charge on any atom is -0.496 e. The largest absolute Gasteiger partial charge is 0.496 e. The van der Waals surface area contributed by atoms with Crippen molar-refractivity contribution in [2.75, 3.05) is 44.4 Å². The van der Waals surface area contributed by atoms with Crippen LogP contribution in [0.5, 0.6) is 28.7 Å². The number of rotatable bonds is 2. The monoisotopic (exact) mass is 554 g/mol. The van der Waals surface area contributed by atoms with Crippen LogP contribution in [0, 0.1) is 0 Å². The Balaban J connectivity index is 1.48. The second-order valence-electron chi connectivity index (χ2n) is 11.3. The van der Waals surface area contributed by atoms with Crippen LogP contribution >= 0.6 is 0 Å². The van der Waals surface area contributed by atoms with Gasteiger partial charge in [-0.2, -0.15) is 0 Å². The second-order valence-corrected chi connectivity index (χ2v) is 11.3. The lowest BCUT2D eigenvalue weighted by Crippen LogP contribution is -2.16. The van der Waals surface area contributed by atoms with E-state index in [0.717, 1.165) is 104 Å². The van der Waals surface area contributed by atoms with E-state index in [4.69, 9.17) is 23.7 Å². The van der Waals surface area contributed by atoms with E-state index in [1.807, 2.05) is 0 Å². The van der Waals surface area contributed by atoms with Crippen LogP contribution in [0.2, 0.25) is 0 Å². The van der Waals surface area contributed by atoms with E-state index in [9.17, 15) is 0 Å². The summed E-state index contributed by atoms with van der Waals surface area (Å²) in [6.45, 7) is 2.13. The second kappa shape index (κ2) is 8.03. The van der Waals surface area contributed by atoms with E-state index >= 15 is 0 Å². The number of methoxy groups -OCH3 is 1. The van der Waals surface area contributed by atoms with Gasteiger partial charge in [-0.15, -0.1) is 0 Å². The average molecular weight is 555 g/mol. The molecule has 0 bridgehead atoms. The van der Waals surface area contributed by atoms with Crippen molar-refractivity contribution in [1.29, 1.82) is 0 Å². The number of hydrogen-bond acceptors (Lipinski definition) is 7. The zero-order valence-electron chi connectivity index (χ0n) is 23.0. The molecule has 0 aromatic heterocycles. The van der Waals surface area contributed by atoms with Gasteiger partial charge in [-0.1, -0.05) is 36.4 Å². The summed E-state index contributed by atoms with van der Waals surface area (Å²) in [6.07, 6.45) is 1.82. The highest BCUT2D eigenvalue weighted by Gasteiger charge is 2.33. The van der Waals surface area contributed by atoms with E-state index in [-0.39, 0.29) is 13.6 Å². The molecule has 4 heterocycles. The lowest BCUT2D eigenvalue weighted by molar-refractivity contribution is 0.174. The minimum atomic E-state index is 0.228. The lowest BCUT2D eigenvalue weighted by atomic mass is 9.81. The summed E-state index contributed by atoms with van der Waals surface area (Å²) in [5.74, 6) is 4.11. The van der Waals surface area contributed by atoms with Crippen LogP contribution in [0.1, 0.15) is 11.1 Å². The third-order valence-electron chi connectivity index (χ3n) is 9.36. The number of ether oxygens (including phenoxy) is 5. The van der Waals surface area contributed by atoms with Gasteiger partial charge in [0, 0.05) is 51.1 Å². The molecule has 4 aliphatic rings. The highest BCUT2D eigenvalue weighted by molar-refractivity contribution is 6.32. The van der Waals surface area contributed by atoms with Gasteiger partial charge in [-0.05, 0) is 58.3 Å². The summed E-state index contributed by atoms with van der Waals surface area (Å²) in [6, 6.07) is 19.3. The molecule has 4 aliphatic heterocycles. The van der Waals surface area contributed by atoms with E-state index in [2.05, 4.69) is 65.2 Å². The van der Waals surface area contributed by atoms with Crippen molar-refractivity contribution in [3.8, 4) is 39.9 Å². The topological polar surface area (TPSA) is 70.2 Å². The summed E-state index contributed by atoms with van der Waals surface area (Å²) in [4.78, 5) is 0. The molecule has 0 saturated heterocycles. The Bertz CT molecular complexity index is 2210. The van der Waals surface area contributed by atoms with E-state index in [0.29, 0.717) is 0 Å². The molecule has 0 aliphatic carbocycles. The number of nitrogens with one attached hydrogen (secondary N) is 2. The quantitative estimate of drug-likeness (QED) is 0.217. The summed E-state index contributed by atoms with van der Waals surface area (Å²) in [7, 11) is 1.75. The summed E-state index contributed by atoms with van der Waals surface area (Å²) >= 11 is 0. The number of anilines is 2. The van der Waals surface area contributed by atoms with Crippen molar-refractivity contribution in [2.45, 2.75) is 12.8 Å². The first-order chi connectivity index (χ1) is 20.8. The van der Waals surface area contributed by atoms with Crippen LogP contribution in [-0.2, 0) is 12.8 Å². The average Bonchev–Trinajstić information content (AvgIpc) is 3.71. The minimum absolute atomic E-state index is 0.228. The van der Waals surface area contributed by atoms with Gasteiger partial charge in [0.1, 0.15) is 5.75 Å². The summed E-state index contributed by atoms with van der Waals surface area (Å²) < 4.78 is 30.2. The highest BCUT2D eigenvalue weighted by Crippen LogP contribution is 2.58. The maximum Gasteiger partial charge on any atom is 0.231 e. The van der Waals surface area contributed by atoms with Crippen molar-refractivity contribution in [3.05, 3.63) is 65.7 Å². The van der Waals surface area contributed by atoms with Crippen molar-refractivity contribution in [2.24, 2.45) is 0 Å². The molecular weight excluding hydrogens is 528 g/mol. The fourth-order valence-electron chi connectivity index (χ4n) is 7.77. The number of benzene rings is 6. The molecule has 7 heteroatoms. The smallest absolute Gasteiger partial charge is 0.231 e. The molecule has 0 amide bonds. The molecule has 2 N–H and O–H groups in total. The molecule has 6 aromatic carbocycles. The Morgan fingerprint density at radius 1 is 0.595 bits per heavy atom. The van der Waals surface area contributed by atoms with Crippen LogP contribution in [-0.4, -0.2) is 33.8 Å². The maximum absolute atomic E-state index is 6.13. The van der Waals surface area contributed by atoms with Gasteiger partial charge >= 0.3 is 0 Å². The molecule has 0 unspecified atom stereocenters. The SMILES string of the molecule is COc1cccc2c1c(-c1c3c4c(cc5c(c4c4ccccc14)OCO5)CCN3)c1c3c(cc4c(c32)OCO4)CCN1. The normalized spacial score (nSPS) is 15.8. The predicted octanol–water partition coefficient (Wildman–Crippen LogP) is 7.37. The Kier molecular flexibility index (Phi) is 4.33. The fourth-order valence-corrected chi connectivity index (χ4v) is 7.77. The third kappa shape index (κ3) is 2.71. The van der Waals surface area contributed by atoms with Crippen LogP contribution in [0.3, 0.4) is 0 Å². The van der Waals surface area contributed by atoms with Crippen molar-refractivity contribution >= 4 is 54.5 Å². The van der Waals surface area contributed by atoms with Crippen LogP contribution < -0.4 is 34.3 Å². The molecule has 0 atom stereocenters. The molecular formula is C35H26N2O5. The Morgan fingerprint density at radius 3 is 1.86 bits per heavy atom. The van der Waals surface area contributed by atoms with Gasteiger partial charge in [-0.3, -0.25) is 0 Å².